The summed E-state index contributed by atoms with van der Waals surface area (Å²) in [5.41, 5.74) is 0. The average Bonchev–Trinajstić information content (AvgIpc) is 1.85. The fourth-order valence-electron chi connectivity index (χ4n) is 0.171. The van der Waals surface area contributed by atoms with Crippen LogP contribution in [-0.4, -0.2) is 33.2 Å². The Labute approximate surface area is 57.7 Å². The van der Waals surface area contributed by atoms with Crippen molar-refractivity contribution < 1.29 is 26.7 Å². The molecule has 0 atom stereocenters. The molecular weight excluding hydrogens is 164 g/mol. The van der Waals surface area contributed by atoms with Crippen LogP contribution in [0.3, 0.4) is 0 Å². The maximum atomic E-state index is 10.2. The molecule has 0 aliphatic rings. The van der Waals surface area contributed by atoms with Gasteiger partial charge in [0.25, 0.3) is 0 Å². The Morgan fingerprint density at radius 3 is 2.40 bits per heavy atom. The highest BCUT2D eigenvalue weighted by molar-refractivity contribution is 7.81. The van der Waals surface area contributed by atoms with E-state index in [4.69, 9.17) is 5.11 Å². The number of aliphatic carboxylic acids is 1. The van der Waals surface area contributed by atoms with Crippen LogP contribution in [0.4, 0.5) is 0 Å². The molecule has 0 spiro atoms. The number of rotatable bonds is 4. The molecular formula is C3H6O6S. The second kappa shape index (κ2) is 3.49. The highest BCUT2D eigenvalue weighted by Crippen LogP contribution is 1.91. The molecule has 0 amide bonds. The summed E-state index contributed by atoms with van der Waals surface area (Å²) in [6.07, 6.45) is 0. The first-order chi connectivity index (χ1) is 4.48. The molecule has 60 valence electrons. The van der Waals surface area contributed by atoms with Crippen LogP contribution in [0.2, 0.25) is 0 Å². The molecule has 0 aromatic carbocycles. The normalized spacial score (nSPS) is 11.3. The first-order valence-electron chi connectivity index (χ1n) is 2.14. The monoisotopic (exact) mass is 170 g/mol. The van der Waals surface area contributed by atoms with Crippen LogP contribution in [0.15, 0.2) is 0 Å². The second-order valence-electron chi connectivity index (χ2n) is 1.23. The maximum absolute atomic E-state index is 10.2. The first-order valence-corrected chi connectivity index (χ1v) is 3.48. The average molecular weight is 170 g/mol. The first kappa shape index (κ1) is 9.34. The quantitative estimate of drug-likeness (QED) is 0.580. The minimum absolute atomic E-state index is 0.872. The minimum Gasteiger partial charge on any atom is -0.479 e. The van der Waals surface area contributed by atoms with E-state index in [-0.39, 0.29) is 0 Å². The lowest BCUT2D eigenvalue weighted by atomic mass is 10.8. The molecule has 0 saturated carbocycles. The van der Waals surface area contributed by atoms with Crippen LogP contribution in [0, 0.1) is 0 Å². The third-order valence-electron chi connectivity index (χ3n) is 0.531. The molecule has 0 saturated heterocycles. The molecule has 0 rings (SSSR count). The van der Waals surface area contributed by atoms with Gasteiger partial charge in [-0.05, 0) is 0 Å². The third-order valence-corrected chi connectivity index (χ3v) is 1.35. The number of carboxylic acid groups (broad SMARTS) is 1. The summed E-state index contributed by atoms with van der Waals surface area (Å²) in [7, 11) is -3.22. The van der Waals surface area contributed by atoms with Crippen LogP contribution in [0.5, 0.6) is 0 Å². The molecule has 0 unspecified atom stereocenters. The molecule has 0 aromatic heterocycles. The van der Waals surface area contributed by atoms with Gasteiger partial charge in [0.2, 0.25) is 0 Å². The van der Waals surface area contributed by atoms with Crippen LogP contribution < -0.4 is 0 Å². The van der Waals surface area contributed by atoms with Crippen molar-refractivity contribution in [3.63, 3.8) is 0 Å². The van der Waals surface area contributed by atoms with E-state index < -0.39 is 23.0 Å². The molecule has 0 aliphatic carbocycles. The molecule has 6 nitrogen and oxygen atoms in total. The van der Waals surface area contributed by atoms with Crippen molar-refractivity contribution in [3.05, 3.63) is 0 Å². The van der Waals surface area contributed by atoms with Gasteiger partial charge in [0, 0.05) is 0 Å². The topological polar surface area (TPSA) is 89.9 Å². The Kier molecular flexibility index (Phi) is 3.26. The Hall–Kier alpha value is -0.660. The van der Waals surface area contributed by atoms with Crippen molar-refractivity contribution in [2.24, 2.45) is 0 Å². The Balaban J connectivity index is 3.81. The van der Waals surface area contributed by atoms with Gasteiger partial charge in [0.1, 0.15) is 0 Å². The van der Waals surface area contributed by atoms with Crippen molar-refractivity contribution in [1.29, 1.82) is 0 Å². The standard InChI is InChI=1S/C3H6O6S/c1-8-10(6,7)9-2-3(4)5/h2H2,1H3,(H,4,5). The summed E-state index contributed by atoms with van der Waals surface area (Å²) in [5, 5.41) is 7.93. The van der Waals surface area contributed by atoms with E-state index in [0.29, 0.717) is 0 Å². The lowest BCUT2D eigenvalue weighted by Crippen LogP contribution is -2.14. The zero-order chi connectivity index (χ0) is 8.20. The van der Waals surface area contributed by atoms with Gasteiger partial charge in [0.05, 0.1) is 7.11 Å². The fourth-order valence-corrected chi connectivity index (χ4v) is 0.512. The maximum Gasteiger partial charge on any atom is 0.400 e. The van der Waals surface area contributed by atoms with E-state index in [9.17, 15) is 13.2 Å². The van der Waals surface area contributed by atoms with Crippen LogP contribution in [0.25, 0.3) is 0 Å². The predicted molar refractivity (Wildman–Crippen MR) is 29.5 cm³/mol. The van der Waals surface area contributed by atoms with Crippen LogP contribution >= 0.6 is 0 Å². The molecule has 0 bridgehead atoms. The molecule has 0 aromatic rings. The molecule has 0 aliphatic heterocycles. The van der Waals surface area contributed by atoms with E-state index in [1.807, 2.05) is 0 Å². The van der Waals surface area contributed by atoms with Crippen LogP contribution in [-0.2, 0) is 23.6 Å². The van der Waals surface area contributed by atoms with Crippen molar-refractivity contribution in [2.45, 2.75) is 0 Å². The van der Waals surface area contributed by atoms with Crippen molar-refractivity contribution >= 4 is 16.4 Å². The summed E-state index contributed by atoms with van der Waals surface area (Å²) in [6.45, 7) is -0.920. The summed E-state index contributed by atoms with van der Waals surface area (Å²) >= 11 is 0. The van der Waals surface area contributed by atoms with Gasteiger partial charge in [-0.1, -0.05) is 0 Å². The van der Waals surface area contributed by atoms with Crippen molar-refractivity contribution in [1.82, 2.24) is 0 Å². The fraction of sp³-hybridized carbons (Fsp3) is 0.667. The van der Waals surface area contributed by atoms with Gasteiger partial charge in [-0.15, -0.1) is 0 Å². The summed E-state index contributed by atoms with van der Waals surface area (Å²) in [5.74, 6) is -1.37. The lowest BCUT2D eigenvalue weighted by Gasteiger charge is -1.97. The Bertz CT molecular complexity index is 203. The van der Waals surface area contributed by atoms with E-state index >= 15 is 0 Å². The van der Waals surface area contributed by atoms with Crippen molar-refractivity contribution in [2.75, 3.05) is 13.7 Å². The number of hydrogen-bond acceptors (Lipinski definition) is 5. The highest BCUT2D eigenvalue weighted by Gasteiger charge is 2.10. The second-order valence-corrected chi connectivity index (χ2v) is 2.62. The van der Waals surface area contributed by atoms with Gasteiger partial charge in [0.15, 0.2) is 6.61 Å². The third kappa shape index (κ3) is 4.24. The molecule has 0 radical (unpaired) electrons. The minimum atomic E-state index is -4.10. The molecule has 10 heavy (non-hydrogen) atoms. The SMILES string of the molecule is COS(=O)(=O)OCC(=O)O. The van der Waals surface area contributed by atoms with Gasteiger partial charge in [-0.2, -0.15) is 8.42 Å². The zero-order valence-electron chi connectivity index (χ0n) is 5.10. The smallest absolute Gasteiger partial charge is 0.400 e. The molecule has 0 fully saturated rings. The number of carbonyl (C=O) groups is 1. The molecule has 7 heteroatoms. The van der Waals surface area contributed by atoms with Gasteiger partial charge in [-0.3, -0.25) is 4.18 Å². The number of carboxylic acids is 1. The van der Waals surface area contributed by atoms with E-state index in [2.05, 4.69) is 8.37 Å². The van der Waals surface area contributed by atoms with Crippen molar-refractivity contribution in [3.8, 4) is 0 Å². The van der Waals surface area contributed by atoms with E-state index in [1.54, 1.807) is 0 Å². The molecule has 1 N–H and O–H groups in total. The predicted octanol–water partition coefficient (Wildman–Crippen LogP) is -1.02. The number of hydrogen-bond donors (Lipinski definition) is 1. The Morgan fingerprint density at radius 2 is 2.10 bits per heavy atom. The van der Waals surface area contributed by atoms with Crippen LogP contribution in [0.1, 0.15) is 0 Å². The Morgan fingerprint density at radius 1 is 1.60 bits per heavy atom. The highest BCUT2D eigenvalue weighted by atomic mass is 32.3. The largest absolute Gasteiger partial charge is 0.479 e. The lowest BCUT2D eigenvalue weighted by molar-refractivity contribution is -0.139. The van der Waals surface area contributed by atoms with Gasteiger partial charge in [-0.25, -0.2) is 8.98 Å². The summed E-state index contributed by atoms with van der Waals surface area (Å²) < 4.78 is 28.0. The summed E-state index contributed by atoms with van der Waals surface area (Å²) in [6, 6.07) is 0. The summed E-state index contributed by atoms with van der Waals surface area (Å²) in [4.78, 5) is 9.72. The zero-order valence-corrected chi connectivity index (χ0v) is 5.92. The molecule has 0 heterocycles. The van der Waals surface area contributed by atoms with E-state index in [0.717, 1.165) is 7.11 Å². The van der Waals surface area contributed by atoms with Gasteiger partial charge >= 0.3 is 16.4 Å². The van der Waals surface area contributed by atoms with E-state index in [1.165, 1.54) is 0 Å². The van der Waals surface area contributed by atoms with Gasteiger partial charge < -0.3 is 5.11 Å².